The SMILES string of the molecule is CCN(c1ccncc1)S(=O)(=O)c1cccc(O)c1. The molecular weight excluding hydrogens is 264 g/mol. The number of phenols is 1. The molecule has 1 N–H and O–H groups in total. The van der Waals surface area contributed by atoms with Crippen molar-refractivity contribution in [3.63, 3.8) is 0 Å². The summed E-state index contributed by atoms with van der Waals surface area (Å²) in [6.07, 6.45) is 3.08. The summed E-state index contributed by atoms with van der Waals surface area (Å²) in [6, 6.07) is 8.89. The molecular formula is C13H14N2O3S. The molecule has 0 atom stereocenters. The van der Waals surface area contributed by atoms with E-state index in [0.717, 1.165) is 0 Å². The summed E-state index contributed by atoms with van der Waals surface area (Å²) in [6.45, 7) is 2.04. The highest BCUT2D eigenvalue weighted by atomic mass is 32.2. The molecule has 0 aliphatic heterocycles. The highest BCUT2D eigenvalue weighted by molar-refractivity contribution is 7.92. The summed E-state index contributed by atoms with van der Waals surface area (Å²) >= 11 is 0. The first-order valence-electron chi connectivity index (χ1n) is 5.77. The van der Waals surface area contributed by atoms with Crippen molar-refractivity contribution < 1.29 is 13.5 Å². The van der Waals surface area contributed by atoms with Gasteiger partial charge in [0.2, 0.25) is 0 Å². The molecule has 0 unspecified atom stereocenters. The lowest BCUT2D eigenvalue weighted by Crippen LogP contribution is -2.30. The summed E-state index contributed by atoms with van der Waals surface area (Å²) in [5.41, 5.74) is 0.542. The van der Waals surface area contributed by atoms with Crippen LogP contribution in [-0.4, -0.2) is 25.1 Å². The Balaban J connectivity index is 2.48. The molecule has 0 saturated carbocycles. The molecule has 1 aromatic heterocycles. The summed E-state index contributed by atoms with van der Waals surface area (Å²) in [5.74, 6) is -0.0770. The van der Waals surface area contributed by atoms with E-state index in [9.17, 15) is 13.5 Å². The van der Waals surface area contributed by atoms with Crippen LogP contribution in [0.25, 0.3) is 0 Å². The van der Waals surface area contributed by atoms with Gasteiger partial charge in [0.05, 0.1) is 10.6 Å². The van der Waals surface area contributed by atoms with Crippen molar-refractivity contribution in [1.82, 2.24) is 4.98 Å². The van der Waals surface area contributed by atoms with Crippen LogP contribution in [0.2, 0.25) is 0 Å². The number of anilines is 1. The van der Waals surface area contributed by atoms with Gasteiger partial charge in [0.25, 0.3) is 10.0 Å². The second-order valence-corrected chi connectivity index (χ2v) is 5.73. The molecule has 0 bridgehead atoms. The van der Waals surface area contributed by atoms with Crippen LogP contribution in [0, 0.1) is 0 Å². The summed E-state index contributed by atoms with van der Waals surface area (Å²) in [5, 5.41) is 9.41. The molecule has 0 aliphatic rings. The first kappa shape index (κ1) is 13.4. The van der Waals surface area contributed by atoms with Crippen molar-refractivity contribution in [1.29, 1.82) is 0 Å². The van der Waals surface area contributed by atoms with Crippen LogP contribution in [0.1, 0.15) is 6.92 Å². The molecule has 0 amide bonds. The zero-order valence-electron chi connectivity index (χ0n) is 10.4. The molecule has 0 aliphatic carbocycles. The third-order valence-corrected chi connectivity index (χ3v) is 4.54. The van der Waals surface area contributed by atoms with Crippen molar-refractivity contribution >= 4 is 15.7 Å². The van der Waals surface area contributed by atoms with E-state index in [4.69, 9.17) is 0 Å². The van der Waals surface area contributed by atoms with E-state index in [1.54, 1.807) is 19.1 Å². The fourth-order valence-electron chi connectivity index (χ4n) is 1.77. The Morgan fingerprint density at radius 3 is 2.47 bits per heavy atom. The van der Waals surface area contributed by atoms with Gasteiger partial charge in [-0.3, -0.25) is 9.29 Å². The van der Waals surface area contributed by atoms with Crippen molar-refractivity contribution in [2.24, 2.45) is 0 Å². The van der Waals surface area contributed by atoms with Crippen molar-refractivity contribution in [3.05, 3.63) is 48.8 Å². The molecule has 100 valence electrons. The van der Waals surface area contributed by atoms with Gasteiger partial charge in [-0.25, -0.2) is 8.42 Å². The lowest BCUT2D eigenvalue weighted by atomic mass is 10.3. The summed E-state index contributed by atoms with van der Waals surface area (Å²) < 4.78 is 26.3. The average Bonchev–Trinajstić information content (AvgIpc) is 2.40. The first-order valence-corrected chi connectivity index (χ1v) is 7.21. The predicted octanol–water partition coefficient (Wildman–Crippen LogP) is 2.00. The number of aromatic nitrogens is 1. The predicted molar refractivity (Wildman–Crippen MR) is 72.5 cm³/mol. The maximum Gasteiger partial charge on any atom is 0.264 e. The number of sulfonamides is 1. The summed E-state index contributed by atoms with van der Waals surface area (Å²) in [4.78, 5) is 3.93. The Kier molecular flexibility index (Phi) is 3.71. The van der Waals surface area contributed by atoms with Crippen molar-refractivity contribution in [3.8, 4) is 5.75 Å². The fraction of sp³-hybridized carbons (Fsp3) is 0.154. The largest absolute Gasteiger partial charge is 0.508 e. The minimum Gasteiger partial charge on any atom is -0.508 e. The molecule has 2 aromatic rings. The molecule has 0 spiro atoms. The Labute approximate surface area is 112 Å². The Hall–Kier alpha value is -2.08. The molecule has 19 heavy (non-hydrogen) atoms. The van der Waals surface area contributed by atoms with Crippen molar-refractivity contribution in [2.75, 3.05) is 10.8 Å². The minimum atomic E-state index is -3.68. The third-order valence-electron chi connectivity index (χ3n) is 2.64. The van der Waals surface area contributed by atoms with Gasteiger partial charge in [0.15, 0.2) is 0 Å². The molecule has 6 heteroatoms. The lowest BCUT2D eigenvalue weighted by molar-refractivity contribution is 0.473. The minimum absolute atomic E-state index is 0.0613. The van der Waals surface area contributed by atoms with E-state index >= 15 is 0 Å². The Bertz CT molecular complexity index is 657. The van der Waals surface area contributed by atoms with Crippen molar-refractivity contribution in [2.45, 2.75) is 11.8 Å². The average molecular weight is 278 g/mol. The molecule has 1 heterocycles. The van der Waals surface area contributed by atoms with Crippen LogP contribution in [0.3, 0.4) is 0 Å². The number of nitrogens with zero attached hydrogens (tertiary/aromatic N) is 2. The molecule has 5 nitrogen and oxygen atoms in total. The first-order chi connectivity index (χ1) is 9.05. The van der Waals surface area contributed by atoms with E-state index in [1.807, 2.05) is 0 Å². The van der Waals surface area contributed by atoms with Gasteiger partial charge in [0.1, 0.15) is 5.75 Å². The van der Waals surface area contributed by atoms with Gasteiger partial charge in [-0.1, -0.05) is 6.07 Å². The fourth-order valence-corrected chi connectivity index (χ4v) is 3.29. The zero-order chi connectivity index (χ0) is 13.9. The topological polar surface area (TPSA) is 70.5 Å². The zero-order valence-corrected chi connectivity index (χ0v) is 11.2. The molecule has 0 saturated heterocycles. The lowest BCUT2D eigenvalue weighted by Gasteiger charge is -2.22. The second kappa shape index (κ2) is 5.27. The van der Waals surface area contributed by atoms with Crippen LogP contribution in [-0.2, 0) is 10.0 Å². The smallest absolute Gasteiger partial charge is 0.264 e. The van der Waals surface area contributed by atoms with E-state index in [-0.39, 0.29) is 10.6 Å². The van der Waals surface area contributed by atoms with Gasteiger partial charge in [-0.2, -0.15) is 0 Å². The molecule has 2 rings (SSSR count). The van der Waals surface area contributed by atoms with E-state index in [1.165, 1.54) is 41.0 Å². The Morgan fingerprint density at radius 1 is 1.21 bits per heavy atom. The van der Waals surface area contributed by atoms with E-state index in [0.29, 0.717) is 12.2 Å². The van der Waals surface area contributed by atoms with Crippen LogP contribution >= 0.6 is 0 Å². The van der Waals surface area contributed by atoms with E-state index < -0.39 is 10.0 Å². The molecule has 0 fully saturated rings. The second-order valence-electron chi connectivity index (χ2n) is 3.87. The highest BCUT2D eigenvalue weighted by Crippen LogP contribution is 2.24. The number of benzene rings is 1. The molecule has 0 radical (unpaired) electrons. The van der Waals surface area contributed by atoms with Gasteiger partial charge < -0.3 is 5.11 Å². The van der Waals surface area contributed by atoms with Gasteiger partial charge >= 0.3 is 0 Å². The Morgan fingerprint density at radius 2 is 1.89 bits per heavy atom. The number of aromatic hydroxyl groups is 1. The maximum atomic E-state index is 12.5. The van der Waals surface area contributed by atoms with Crippen LogP contribution in [0.5, 0.6) is 5.75 Å². The van der Waals surface area contributed by atoms with E-state index in [2.05, 4.69) is 4.98 Å². The number of rotatable bonds is 4. The van der Waals surface area contributed by atoms with Crippen LogP contribution < -0.4 is 4.31 Å². The number of phenolic OH excluding ortho intramolecular Hbond substituents is 1. The number of hydrogen-bond acceptors (Lipinski definition) is 4. The monoisotopic (exact) mass is 278 g/mol. The van der Waals surface area contributed by atoms with Crippen LogP contribution in [0.4, 0.5) is 5.69 Å². The third kappa shape index (κ3) is 2.68. The summed E-state index contributed by atoms with van der Waals surface area (Å²) in [7, 11) is -3.68. The molecule has 1 aromatic carbocycles. The quantitative estimate of drug-likeness (QED) is 0.928. The number of hydrogen-bond donors (Lipinski definition) is 1. The van der Waals surface area contributed by atoms with Gasteiger partial charge in [0, 0.05) is 25.0 Å². The van der Waals surface area contributed by atoms with Crippen LogP contribution in [0.15, 0.2) is 53.7 Å². The van der Waals surface area contributed by atoms with Gasteiger partial charge in [-0.05, 0) is 31.2 Å². The standard InChI is InChI=1S/C13H14N2O3S/c1-2-15(11-6-8-14-9-7-11)19(17,18)13-5-3-4-12(16)10-13/h3-10,16H,2H2,1H3. The normalized spacial score (nSPS) is 11.2. The number of pyridine rings is 1. The highest BCUT2D eigenvalue weighted by Gasteiger charge is 2.23. The van der Waals surface area contributed by atoms with Gasteiger partial charge in [-0.15, -0.1) is 0 Å². The maximum absolute atomic E-state index is 12.5.